The Hall–Kier alpha value is -1.69. The number of rotatable bonds is 6. The van der Waals surface area contributed by atoms with Crippen molar-refractivity contribution >= 4 is 5.91 Å². The summed E-state index contributed by atoms with van der Waals surface area (Å²) in [5.74, 6) is 1.15. The molecule has 1 aliphatic heterocycles. The highest BCUT2D eigenvalue weighted by Crippen LogP contribution is 2.31. The Kier molecular flexibility index (Phi) is 4.88. The van der Waals surface area contributed by atoms with Gasteiger partial charge in [-0.2, -0.15) is 0 Å². The molecule has 1 aromatic rings. The van der Waals surface area contributed by atoms with Gasteiger partial charge in [0.1, 0.15) is 5.69 Å². The minimum absolute atomic E-state index is 0.173. The maximum absolute atomic E-state index is 12.8. The third-order valence-electron chi connectivity index (χ3n) is 5.60. The maximum atomic E-state index is 12.8. The Balaban J connectivity index is 1.42. The third-order valence-corrected chi connectivity index (χ3v) is 5.60. The number of allylic oxidation sites excluding steroid dienone is 1. The first kappa shape index (κ1) is 16.8. The van der Waals surface area contributed by atoms with Crippen molar-refractivity contribution < 1.29 is 9.53 Å². The zero-order valence-electron chi connectivity index (χ0n) is 15.1. The Bertz CT molecular complexity index is 662. The van der Waals surface area contributed by atoms with Gasteiger partial charge in [-0.15, -0.1) is 5.10 Å². The second kappa shape index (κ2) is 7.28. The molecule has 25 heavy (non-hydrogen) atoms. The molecule has 0 radical (unpaired) electrons. The van der Waals surface area contributed by atoms with Crippen molar-refractivity contribution in [1.29, 1.82) is 0 Å². The van der Waals surface area contributed by atoms with E-state index in [0.717, 1.165) is 36.8 Å². The summed E-state index contributed by atoms with van der Waals surface area (Å²) < 4.78 is 7.79. The Labute approximate surface area is 149 Å². The smallest absolute Gasteiger partial charge is 0.227 e. The number of ether oxygens (including phenoxy) is 1. The number of aromatic nitrogens is 3. The van der Waals surface area contributed by atoms with E-state index >= 15 is 0 Å². The highest BCUT2D eigenvalue weighted by Gasteiger charge is 2.33. The van der Waals surface area contributed by atoms with E-state index < -0.39 is 0 Å². The fraction of sp³-hybridized carbons (Fsp3) is 0.737. The van der Waals surface area contributed by atoms with E-state index in [-0.39, 0.29) is 11.8 Å². The molecule has 0 N–H and O–H groups in total. The first-order valence-corrected chi connectivity index (χ1v) is 9.62. The van der Waals surface area contributed by atoms with Crippen LogP contribution < -0.4 is 0 Å². The molecular weight excluding hydrogens is 316 g/mol. The number of hydrogen-bond acceptors (Lipinski definition) is 4. The number of carbonyl (C=O) groups is 1. The number of nitrogens with zero attached hydrogens (tertiary/aromatic N) is 4. The molecule has 1 aromatic heterocycles. The number of hydrogen-bond donors (Lipinski definition) is 0. The zero-order valence-corrected chi connectivity index (χ0v) is 15.1. The Morgan fingerprint density at radius 2 is 2.20 bits per heavy atom. The molecule has 0 bridgehead atoms. The van der Waals surface area contributed by atoms with Gasteiger partial charge in [0, 0.05) is 32.5 Å². The standard InChI is InChI=1S/C19H28N4O2/c1-22-19-16(13-25-12-15-7-8-15)10-23(11-17(19)20-21-22)18(24)9-14-5-3-2-4-6-14/h5,15-16H,2-4,6-13H2,1H3/t16-/m0/s1. The van der Waals surface area contributed by atoms with Crippen LogP contribution in [-0.4, -0.2) is 45.6 Å². The van der Waals surface area contributed by atoms with Crippen molar-refractivity contribution in [3.8, 4) is 0 Å². The van der Waals surface area contributed by atoms with Gasteiger partial charge in [0.25, 0.3) is 0 Å². The monoisotopic (exact) mass is 344 g/mol. The van der Waals surface area contributed by atoms with Gasteiger partial charge < -0.3 is 9.64 Å². The van der Waals surface area contributed by atoms with E-state index in [9.17, 15) is 4.79 Å². The summed E-state index contributed by atoms with van der Waals surface area (Å²) in [7, 11) is 1.93. The summed E-state index contributed by atoms with van der Waals surface area (Å²) in [6, 6.07) is 0. The first-order valence-electron chi connectivity index (χ1n) is 9.62. The lowest BCUT2D eigenvalue weighted by molar-refractivity contribution is -0.132. The average molecular weight is 344 g/mol. The highest BCUT2D eigenvalue weighted by molar-refractivity contribution is 5.79. The number of aryl methyl sites for hydroxylation is 1. The molecule has 6 nitrogen and oxygen atoms in total. The van der Waals surface area contributed by atoms with Crippen LogP contribution >= 0.6 is 0 Å². The predicted molar refractivity (Wildman–Crippen MR) is 93.9 cm³/mol. The fourth-order valence-electron chi connectivity index (χ4n) is 3.97. The van der Waals surface area contributed by atoms with E-state index in [1.807, 2.05) is 16.6 Å². The molecule has 0 aromatic carbocycles. The molecule has 1 atom stereocenters. The first-order chi connectivity index (χ1) is 12.2. The summed E-state index contributed by atoms with van der Waals surface area (Å²) in [4.78, 5) is 14.8. The highest BCUT2D eigenvalue weighted by atomic mass is 16.5. The molecule has 3 aliphatic rings. The molecule has 2 heterocycles. The van der Waals surface area contributed by atoms with Crippen LogP contribution in [0.3, 0.4) is 0 Å². The van der Waals surface area contributed by atoms with Gasteiger partial charge in [0.2, 0.25) is 5.91 Å². The molecule has 0 spiro atoms. The van der Waals surface area contributed by atoms with Crippen LogP contribution in [0.2, 0.25) is 0 Å². The van der Waals surface area contributed by atoms with Gasteiger partial charge in [-0.05, 0) is 44.4 Å². The second-order valence-corrected chi connectivity index (χ2v) is 7.78. The summed E-state index contributed by atoms with van der Waals surface area (Å²) >= 11 is 0. The molecule has 2 aliphatic carbocycles. The summed E-state index contributed by atoms with van der Waals surface area (Å²) in [5, 5.41) is 8.47. The van der Waals surface area contributed by atoms with Crippen LogP contribution in [0, 0.1) is 5.92 Å². The van der Waals surface area contributed by atoms with E-state index in [4.69, 9.17) is 4.74 Å². The Morgan fingerprint density at radius 3 is 2.96 bits per heavy atom. The third kappa shape index (κ3) is 3.94. The quantitative estimate of drug-likeness (QED) is 0.744. The molecule has 6 heteroatoms. The van der Waals surface area contributed by atoms with Gasteiger partial charge in [-0.1, -0.05) is 16.9 Å². The van der Waals surface area contributed by atoms with Gasteiger partial charge in [-0.3, -0.25) is 9.48 Å². The minimum Gasteiger partial charge on any atom is -0.380 e. The van der Waals surface area contributed by atoms with Gasteiger partial charge in [-0.25, -0.2) is 0 Å². The molecular formula is C19H28N4O2. The normalized spacial score (nSPS) is 23.3. The SMILES string of the molecule is Cn1nnc2c1[C@H](COCC1CC1)CN(C(=O)CC1=CCCCC1)C2. The minimum atomic E-state index is 0.173. The second-order valence-electron chi connectivity index (χ2n) is 7.78. The molecule has 136 valence electrons. The Morgan fingerprint density at radius 1 is 1.32 bits per heavy atom. The van der Waals surface area contributed by atoms with Crippen LogP contribution in [-0.2, 0) is 23.1 Å². The summed E-state index contributed by atoms with van der Waals surface area (Å²) in [5.41, 5.74) is 3.37. The summed E-state index contributed by atoms with van der Waals surface area (Å²) in [6.45, 7) is 2.79. The predicted octanol–water partition coefficient (Wildman–Crippen LogP) is 2.56. The number of fused-ring (bicyclic) bond motifs is 1. The largest absolute Gasteiger partial charge is 0.380 e. The van der Waals surface area contributed by atoms with Gasteiger partial charge >= 0.3 is 0 Å². The zero-order chi connectivity index (χ0) is 17.2. The van der Waals surface area contributed by atoms with E-state index in [1.54, 1.807) is 0 Å². The molecule has 4 rings (SSSR count). The molecule has 1 fully saturated rings. The summed E-state index contributed by atoms with van der Waals surface area (Å²) in [6.07, 6.45) is 10.1. The van der Waals surface area contributed by atoms with Crippen LogP contribution in [0.4, 0.5) is 0 Å². The molecule has 1 amide bonds. The number of carbonyl (C=O) groups excluding carboxylic acids is 1. The lowest BCUT2D eigenvalue weighted by atomic mass is 9.95. The molecule has 0 unspecified atom stereocenters. The van der Waals surface area contributed by atoms with Crippen LogP contribution in [0.25, 0.3) is 0 Å². The van der Waals surface area contributed by atoms with Crippen molar-refractivity contribution in [3.63, 3.8) is 0 Å². The average Bonchev–Trinajstić information content (AvgIpc) is 3.37. The number of amides is 1. The van der Waals surface area contributed by atoms with Gasteiger partial charge in [0.15, 0.2) is 0 Å². The van der Waals surface area contributed by atoms with E-state index in [1.165, 1.54) is 31.3 Å². The lowest BCUT2D eigenvalue weighted by Gasteiger charge is -2.32. The maximum Gasteiger partial charge on any atom is 0.227 e. The van der Waals surface area contributed by atoms with Crippen molar-refractivity contribution in [3.05, 3.63) is 23.0 Å². The van der Waals surface area contributed by atoms with Gasteiger partial charge in [0.05, 0.1) is 18.8 Å². The van der Waals surface area contributed by atoms with Crippen LogP contribution in [0.5, 0.6) is 0 Å². The van der Waals surface area contributed by atoms with E-state index in [0.29, 0.717) is 26.1 Å². The molecule has 1 saturated carbocycles. The lowest BCUT2D eigenvalue weighted by Crippen LogP contribution is -2.40. The van der Waals surface area contributed by atoms with Crippen molar-refractivity contribution in [2.45, 2.75) is 57.4 Å². The van der Waals surface area contributed by atoms with E-state index in [2.05, 4.69) is 16.4 Å². The van der Waals surface area contributed by atoms with Crippen molar-refractivity contribution in [1.82, 2.24) is 19.9 Å². The molecule has 0 saturated heterocycles. The van der Waals surface area contributed by atoms with Crippen molar-refractivity contribution in [2.24, 2.45) is 13.0 Å². The fourth-order valence-corrected chi connectivity index (χ4v) is 3.97. The van der Waals surface area contributed by atoms with Crippen molar-refractivity contribution in [2.75, 3.05) is 19.8 Å². The van der Waals surface area contributed by atoms with Crippen LogP contribution in [0.1, 0.15) is 62.3 Å². The topological polar surface area (TPSA) is 60.2 Å². The van der Waals surface area contributed by atoms with Crippen LogP contribution in [0.15, 0.2) is 11.6 Å².